The first-order valence-corrected chi connectivity index (χ1v) is 6.63. The highest BCUT2D eigenvalue weighted by atomic mass is 16.2. The molecule has 2 N–H and O–H groups in total. The number of carbonyl (C=O) groups is 2. The first-order valence-electron chi connectivity index (χ1n) is 6.63. The predicted molar refractivity (Wildman–Crippen MR) is 71.1 cm³/mol. The molecule has 1 heterocycles. The lowest BCUT2D eigenvalue weighted by molar-refractivity contribution is -0.146. The fraction of sp³-hybridized carbons (Fsp3) is 0.846. The smallest absolute Gasteiger partial charge is 0.311 e. The number of hydrogen-bond donors (Lipinski definition) is 2. The number of hydrogen-bond acceptors (Lipinski definition) is 3. The summed E-state index contributed by atoms with van der Waals surface area (Å²) < 4.78 is 0. The van der Waals surface area contributed by atoms with Crippen LogP contribution in [0.25, 0.3) is 0 Å². The van der Waals surface area contributed by atoms with E-state index in [2.05, 4.69) is 10.6 Å². The van der Waals surface area contributed by atoms with E-state index in [0.717, 1.165) is 19.5 Å². The molecule has 1 unspecified atom stereocenters. The third-order valence-corrected chi connectivity index (χ3v) is 3.47. The molecule has 0 aromatic heterocycles. The monoisotopic (exact) mass is 255 g/mol. The molecule has 0 aliphatic carbocycles. The molecule has 0 saturated carbocycles. The van der Waals surface area contributed by atoms with Crippen molar-refractivity contribution in [1.29, 1.82) is 0 Å². The summed E-state index contributed by atoms with van der Waals surface area (Å²) in [5, 5.41) is 6.00. The molecule has 0 aromatic carbocycles. The van der Waals surface area contributed by atoms with Gasteiger partial charge in [0.1, 0.15) is 0 Å². The van der Waals surface area contributed by atoms with Gasteiger partial charge in [-0.25, -0.2) is 0 Å². The van der Waals surface area contributed by atoms with E-state index in [-0.39, 0.29) is 11.5 Å². The normalized spacial score (nSPS) is 19.0. The lowest BCUT2D eigenvalue weighted by atomic mass is 9.88. The van der Waals surface area contributed by atoms with Gasteiger partial charge in [0.2, 0.25) is 0 Å². The zero-order valence-corrected chi connectivity index (χ0v) is 11.9. The van der Waals surface area contributed by atoms with Crippen LogP contribution in [0, 0.1) is 5.41 Å². The van der Waals surface area contributed by atoms with E-state index in [0.29, 0.717) is 13.1 Å². The Balaban J connectivity index is 2.52. The fourth-order valence-corrected chi connectivity index (χ4v) is 1.67. The molecule has 5 nitrogen and oxygen atoms in total. The average molecular weight is 255 g/mol. The quantitative estimate of drug-likeness (QED) is 0.665. The molecule has 5 heteroatoms. The summed E-state index contributed by atoms with van der Waals surface area (Å²) in [6.07, 6.45) is 0.897. The molecule has 1 fully saturated rings. The SMILES string of the molecule is CC(NC(=O)C(=O)N1CCCNCC1)C(C)(C)C. The van der Waals surface area contributed by atoms with Gasteiger partial charge >= 0.3 is 11.8 Å². The number of amides is 2. The third-order valence-electron chi connectivity index (χ3n) is 3.47. The summed E-state index contributed by atoms with van der Waals surface area (Å²) >= 11 is 0. The topological polar surface area (TPSA) is 61.4 Å². The zero-order valence-electron chi connectivity index (χ0n) is 11.9. The lowest BCUT2D eigenvalue weighted by Gasteiger charge is -2.29. The van der Waals surface area contributed by atoms with Crippen molar-refractivity contribution in [2.24, 2.45) is 5.41 Å². The van der Waals surface area contributed by atoms with Gasteiger partial charge in [-0.3, -0.25) is 9.59 Å². The minimum Gasteiger partial charge on any atom is -0.345 e. The molecule has 0 radical (unpaired) electrons. The van der Waals surface area contributed by atoms with Crippen molar-refractivity contribution in [1.82, 2.24) is 15.5 Å². The Hall–Kier alpha value is -1.10. The minimum absolute atomic E-state index is 0.0287. The second-order valence-electron chi connectivity index (χ2n) is 5.96. The van der Waals surface area contributed by atoms with Crippen LogP contribution in [0.3, 0.4) is 0 Å². The van der Waals surface area contributed by atoms with Crippen molar-refractivity contribution in [3.05, 3.63) is 0 Å². The molecule has 1 aliphatic rings. The summed E-state index contributed by atoms with van der Waals surface area (Å²) in [5.41, 5.74) is -0.0454. The Bertz CT molecular complexity index is 302. The van der Waals surface area contributed by atoms with Gasteiger partial charge in [0.25, 0.3) is 0 Å². The molecule has 2 amide bonds. The summed E-state index contributed by atoms with van der Waals surface area (Å²) in [4.78, 5) is 25.5. The highest BCUT2D eigenvalue weighted by Gasteiger charge is 2.27. The van der Waals surface area contributed by atoms with Gasteiger partial charge in [0, 0.05) is 25.7 Å². The Kier molecular flexibility index (Phi) is 5.14. The van der Waals surface area contributed by atoms with Crippen LogP contribution in [0.5, 0.6) is 0 Å². The average Bonchev–Trinajstić information content (AvgIpc) is 2.55. The molecule has 0 bridgehead atoms. The minimum atomic E-state index is -0.487. The van der Waals surface area contributed by atoms with E-state index in [9.17, 15) is 9.59 Å². The molecule has 0 aromatic rings. The van der Waals surface area contributed by atoms with Crippen LogP contribution < -0.4 is 10.6 Å². The molecule has 1 aliphatic heterocycles. The van der Waals surface area contributed by atoms with Gasteiger partial charge in [0.15, 0.2) is 0 Å². The Labute approximate surface area is 109 Å². The van der Waals surface area contributed by atoms with Gasteiger partial charge in [-0.2, -0.15) is 0 Å². The van der Waals surface area contributed by atoms with Crippen LogP contribution in [-0.2, 0) is 9.59 Å². The van der Waals surface area contributed by atoms with E-state index in [1.807, 2.05) is 27.7 Å². The van der Waals surface area contributed by atoms with E-state index in [4.69, 9.17) is 0 Å². The Morgan fingerprint density at radius 2 is 1.89 bits per heavy atom. The molecule has 1 atom stereocenters. The third kappa shape index (κ3) is 4.29. The maximum absolute atomic E-state index is 12.0. The fourth-order valence-electron chi connectivity index (χ4n) is 1.67. The molecule has 1 rings (SSSR count). The lowest BCUT2D eigenvalue weighted by Crippen LogP contribution is -2.49. The van der Waals surface area contributed by atoms with Gasteiger partial charge in [0.05, 0.1) is 0 Å². The molecule has 1 saturated heterocycles. The zero-order chi connectivity index (χ0) is 13.8. The molecular formula is C13H25N3O2. The van der Waals surface area contributed by atoms with Crippen LogP contribution in [0.2, 0.25) is 0 Å². The van der Waals surface area contributed by atoms with Gasteiger partial charge in [-0.15, -0.1) is 0 Å². The van der Waals surface area contributed by atoms with Gasteiger partial charge in [-0.1, -0.05) is 20.8 Å². The summed E-state index contributed by atoms with van der Waals surface area (Å²) in [7, 11) is 0. The van der Waals surface area contributed by atoms with Crippen molar-refractivity contribution >= 4 is 11.8 Å². The standard InChI is InChI=1S/C13H25N3O2/c1-10(13(2,3)4)15-11(17)12(18)16-8-5-6-14-7-9-16/h10,14H,5-9H2,1-4H3,(H,15,17). The van der Waals surface area contributed by atoms with Gasteiger partial charge in [-0.05, 0) is 25.3 Å². The van der Waals surface area contributed by atoms with Crippen LogP contribution in [0.4, 0.5) is 0 Å². The van der Waals surface area contributed by atoms with Crippen LogP contribution in [0.15, 0.2) is 0 Å². The molecular weight excluding hydrogens is 230 g/mol. The summed E-state index contributed by atoms with van der Waals surface area (Å²) in [6.45, 7) is 11.0. The number of nitrogens with one attached hydrogen (secondary N) is 2. The van der Waals surface area contributed by atoms with Crippen LogP contribution >= 0.6 is 0 Å². The van der Waals surface area contributed by atoms with Crippen molar-refractivity contribution in [2.45, 2.75) is 40.2 Å². The van der Waals surface area contributed by atoms with Crippen molar-refractivity contribution in [2.75, 3.05) is 26.2 Å². The first-order chi connectivity index (χ1) is 8.32. The second-order valence-corrected chi connectivity index (χ2v) is 5.96. The molecule has 18 heavy (non-hydrogen) atoms. The maximum atomic E-state index is 12.0. The van der Waals surface area contributed by atoms with E-state index >= 15 is 0 Å². The highest BCUT2D eigenvalue weighted by molar-refractivity contribution is 6.35. The Morgan fingerprint density at radius 3 is 2.50 bits per heavy atom. The van der Waals surface area contributed by atoms with Crippen molar-refractivity contribution in [3.8, 4) is 0 Å². The van der Waals surface area contributed by atoms with Crippen molar-refractivity contribution < 1.29 is 9.59 Å². The summed E-state index contributed by atoms with van der Waals surface area (Å²) in [5.74, 6) is -0.894. The Morgan fingerprint density at radius 1 is 1.22 bits per heavy atom. The predicted octanol–water partition coefficient (Wildman–Crippen LogP) is 0.359. The molecule has 0 spiro atoms. The number of nitrogens with zero attached hydrogens (tertiary/aromatic N) is 1. The number of carbonyl (C=O) groups excluding carboxylic acids is 2. The maximum Gasteiger partial charge on any atom is 0.311 e. The summed E-state index contributed by atoms with van der Waals surface area (Å²) in [6, 6.07) is -0.0287. The van der Waals surface area contributed by atoms with E-state index in [1.165, 1.54) is 0 Å². The first kappa shape index (κ1) is 15.0. The van der Waals surface area contributed by atoms with Crippen LogP contribution in [-0.4, -0.2) is 48.9 Å². The van der Waals surface area contributed by atoms with E-state index in [1.54, 1.807) is 4.90 Å². The van der Waals surface area contributed by atoms with E-state index < -0.39 is 11.8 Å². The largest absolute Gasteiger partial charge is 0.345 e. The number of rotatable bonds is 1. The van der Waals surface area contributed by atoms with Crippen LogP contribution in [0.1, 0.15) is 34.1 Å². The second kappa shape index (κ2) is 6.18. The van der Waals surface area contributed by atoms with Crippen molar-refractivity contribution in [3.63, 3.8) is 0 Å². The van der Waals surface area contributed by atoms with Gasteiger partial charge < -0.3 is 15.5 Å². The molecule has 104 valence electrons. The highest BCUT2D eigenvalue weighted by Crippen LogP contribution is 2.18.